The molecule has 2 aromatic carbocycles. The summed E-state index contributed by atoms with van der Waals surface area (Å²) in [6.45, 7) is 2.44. The minimum Gasteiger partial charge on any atom is -0.465 e. The zero-order valence-electron chi connectivity index (χ0n) is 15.9. The maximum atomic E-state index is 11.6. The lowest BCUT2D eigenvalue weighted by Crippen LogP contribution is -2.02. The van der Waals surface area contributed by atoms with E-state index in [1.165, 1.54) is 7.11 Å². The number of aryl methyl sites for hydroxylation is 1. The van der Waals surface area contributed by atoms with Crippen LogP contribution in [0.2, 0.25) is 0 Å². The van der Waals surface area contributed by atoms with Gasteiger partial charge in [0.25, 0.3) is 0 Å². The summed E-state index contributed by atoms with van der Waals surface area (Å²) in [5, 5.41) is 5.17. The number of unbranched alkanes of at least 4 members (excludes halogenated alkanes) is 1. The average Bonchev–Trinajstić information content (AvgIpc) is 3.06. The summed E-state index contributed by atoms with van der Waals surface area (Å²) in [5.74, 6) is 0.546. The lowest BCUT2D eigenvalue weighted by Gasteiger charge is -2.05. The van der Waals surface area contributed by atoms with Crippen molar-refractivity contribution >= 4 is 39.1 Å². The molecule has 146 valence electrons. The van der Waals surface area contributed by atoms with Gasteiger partial charge in [-0.1, -0.05) is 42.8 Å². The third kappa shape index (κ3) is 4.62. The Labute approximate surface area is 172 Å². The molecule has 0 bridgehead atoms. The zero-order chi connectivity index (χ0) is 19.9. The third-order valence-electron chi connectivity index (χ3n) is 4.39. The van der Waals surface area contributed by atoms with Crippen LogP contribution >= 0.6 is 15.9 Å². The predicted molar refractivity (Wildman–Crippen MR) is 113 cm³/mol. The number of hydrogen-bond acceptors (Lipinski definition) is 5. The van der Waals surface area contributed by atoms with E-state index in [-0.39, 0.29) is 12.6 Å². The number of nitrogens with zero attached hydrogens (tertiary/aromatic N) is 1. The minimum atomic E-state index is -0.385. The Balaban J connectivity index is 1.71. The van der Waals surface area contributed by atoms with Gasteiger partial charge in [-0.05, 0) is 46.1 Å². The van der Waals surface area contributed by atoms with Crippen molar-refractivity contribution in [3.8, 4) is 0 Å². The minimum absolute atomic E-state index is 0.288. The fraction of sp³-hybridized carbons (Fsp3) is 0.273. The predicted octanol–water partition coefficient (Wildman–Crippen LogP) is 5.88. The summed E-state index contributed by atoms with van der Waals surface area (Å²) in [4.78, 5) is 17.1. The van der Waals surface area contributed by atoms with E-state index in [4.69, 9.17) is 14.0 Å². The number of rotatable bonds is 8. The van der Waals surface area contributed by atoms with Gasteiger partial charge in [0.05, 0.1) is 18.9 Å². The lowest BCUT2D eigenvalue weighted by molar-refractivity contribution is 0.0599. The summed E-state index contributed by atoms with van der Waals surface area (Å²) in [6.07, 6.45) is 4.74. The molecular weight excluding hydrogens is 422 g/mol. The molecule has 0 aliphatic rings. The molecule has 0 spiro atoms. The number of para-hydroxylation sites is 1. The molecule has 5 nitrogen and oxygen atoms in total. The standard InChI is InChI=1S/C22H22BrNO4/c1-3-4-8-21-18(16-7-5-6-9-20(16)28-21)13-24-27-14-15-10-11-17(19(23)12-15)22(25)26-2/h5-7,9-13H,3-4,8,14H2,1-2H3. The van der Waals surface area contributed by atoms with Crippen LogP contribution in [0.5, 0.6) is 0 Å². The van der Waals surface area contributed by atoms with Crippen LogP contribution in [0.4, 0.5) is 0 Å². The molecule has 6 heteroatoms. The van der Waals surface area contributed by atoms with Gasteiger partial charge in [0.1, 0.15) is 18.0 Å². The first-order valence-electron chi connectivity index (χ1n) is 9.16. The van der Waals surface area contributed by atoms with E-state index in [1.54, 1.807) is 12.3 Å². The van der Waals surface area contributed by atoms with Crippen molar-refractivity contribution in [2.75, 3.05) is 7.11 Å². The third-order valence-corrected chi connectivity index (χ3v) is 5.05. The van der Waals surface area contributed by atoms with Gasteiger partial charge in [-0.3, -0.25) is 0 Å². The van der Waals surface area contributed by atoms with Crippen LogP contribution in [-0.4, -0.2) is 19.3 Å². The quantitative estimate of drug-likeness (QED) is 0.248. The Hall–Kier alpha value is -2.60. The van der Waals surface area contributed by atoms with E-state index in [0.29, 0.717) is 10.0 Å². The number of furan rings is 1. The molecule has 0 saturated carbocycles. The van der Waals surface area contributed by atoms with Gasteiger partial charge in [0.2, 0.25) is 0 Å². The number of methoxy groups -OCH3 is 1. The first kappa shape index (κ1) is 20.1. The maximum absolute atomic E-state index is 11.6. The number of halogens is 1. The Morgan fingerprint density at radius 3 is 2.82 bits per heavy atom. The molecule has 0 unspecified atom stereocenters. The Morgan fingerprint density at radius 2 is 2.07 bits per heavy atom. The molecule has 0 saturated heterocycles. The Morgan fingerprint density at radius 1 is 1.25 bits per heavy atom. The Kier molecular flexibility index (Phi) is 6.87. The van der Waals surface area contributed by atoms with E-state index < -0.39 is 0 Å². The van der Waals surface area contributed by atoms with Gasteiger partial charge in [-0.15, -0.1) is 0 Å². The van der Waals surface area contributed by atoms with Crippen molar-refractivity contribution < 1.29 is 18.8 Å². The summed E-state index contributed by atoms with van der Waals surface area (Å²) >= 11 is 3.38. The van der Waals surface area contributed by atoms with Gasteiger partial charge < -0.3 is 14.0 Å². The molecule has 0 fully saturated rings. The molecular formula is C22H22BrNO4. The van der Waals surface area contributed by atoms with Gasteiger partial charge in [0, 0.05) is 21.8 Å². The van der Waals surface area contributed by atoms with Crippen molar-refractivity contribution in [2.24, 2.45) is 5.16 Å². The molecule has 28 heavy (non-hydrogen) atoms. The highest BCUT2D eigenvalue weighted by Crippen LogP contribution is 2.26. The van der Waals surface area contributed by atoms with E-state index in [9.17, 15) is 4.79 Å². The number of ether oxygens (including phenoxy) is 1. The highest BCUT2D eigenvalue weighted by molar-refractivity contribution is 9.10. The monoisotopic (exact) mass is 443 g/mol. The van der Waals surface area contributed by atoms with Crippen molar-refractivity contribution in [3.05, 3.63) is 69.4 Å². The number of carbonyl (C=O) groups excluding carboxylic acids is 1. The van der Waals surface area contributed by atoms with Crippen molar-refractivity contribution in [1.82, 2.24) is 0 Å². The zero-order valence-corrected chi connectivity index (χ0v) is 17.5. The van der Waals surface area contributed by atoms with Crippen molar-refractivity contribution in [1.29, 1.82) is 0 Å². The summed E-state index contributed by atoms with van der Waals surface area (Å²) in [7, 11) is 1.36. The number of carbonyl (C=O) groups is 1. The van der Waals surface area contributed by atoms with Crippen LogP contribution in [0, 0.1) is 0 Å². The lowest BCUT2D eigenvalue weighted by atomic mass is 10.1. The van der Waals surface area contributed by atoms with Crippen molar-refractivity contribution in [2.45, 2.75) is 32.8 Å². The normalized spacial score (nSPS) is 11.2. The molecule has 3 aromatic rings. The molecule has 1 aromatic heterocycles. The molecule has 3 rings (SSSR count). The van der Waals surface area contributed by atoms with Crippen molar-refractivity contribution in [3.63, 3.8) is 0 Å². The first-order valence-corrected chi connectivity index (χ1v) is 9.95. The largest absolute Gasteiger partial charge is 0.465 e. The van der Waals surface area contributed by atoms with Crippen LogP contribution in [0.1, 0.15) is 47.0 Å². The van der Waals surface area contributed by atoms with Crippen LogP contribution in [-0.2, 0) is 22.6 Å². The van der Waals surface area contributed by atoms with Gasteiger partial charge in [-0.2, -0.15) is 0 Å². The van der Waals surface area contributed by atoms with Crippen LogP contribution in [0.15, 0.2) is 56.5 Å². The smallest absolute Gasteiger partial charge is 0.339 e. The first-order chi connectivity index (χ1) is 13.6. The number of oxime groups is 1. The van der Waals surface area contributed by atoms with E-state index in [1.807, 2.05) is 36.4 Å². The summed E-state index contributed by atoms with van der Waals surface area (Å²) < 4.78 is 11.4. The van der Waals surface area contributed by atoms with Crippen LogP contribution in [0.25, 0.3) is 11.0 Å². The highest BCUT2D eigenvalue weighted by atomic mass is 79.9. The second kappa shape index (κ2) is 9.55. The topological polar surface area (TPSA) is 61.0 Å². The fourth-order valence-corrected chi connectivity index (χ4v) is 3.49. The average molecular weight is 444 g/mol. The number of benzene rings is 2. The molecule has 0 radical (unpaired) electrons. The second-order valence-corrected chi connectivity index (χ2v) is 7.21. The number of esters is 1. The van der Waals surface area contributed by atoms with Crippen LogP contribution in [0.3, 0.4) is 0 Å². The summed E-state index contributed by atoms with van der Waals surface area (Å²) in [5.41, 5.74) is 3.18. The van der Waals surface area contributed by atoms with E-state index in [0.717, 1.165) is 47.1 Å². The fourth-order valence-electron chi connectivity index (χ4n) is 2.91. The molecule has 0 N–H and O–H groups in total. The molecule has 0 atom stereocenters. The number of fused-ring (bicyclic) bond motifs is 1. The van der Waals surface area contributed by atoms with E-state index in [2.05, 4.69) is 28.0 Å². The summed E-state index contributed by atoms with van der Waals surface area (Å²) in [6, 6.07) is 13.3. The second-order valence-electron chi connectivity index (χ2n) is 6.35. The Bertz CT molecular complexity index is 993. The molecule has 0 aliphatic carbocycles. The SMILES string of the molecule is CCCCc1oc2ccccc2c1C=NOCc1ccc(C(=O)OC)c(Br)c1. The molecule has 0 aliphatic heterocycles. The molecule has 1 heterocycles. The van der Waals surface area contributed by atoms with Crippen LogP contribution < -0.4 is 0 Å². The maximum Gasteiger partial charge on any atom is 0.339 e. The highest BCUT2D eigenvalue weighted by Gasteiger charge is 2.12. The van der Waals surface area contributed by atoms with Gasteiger partial charge >= 0.3 is 5.97 Å². The van der Waals surface area contributed by atoms with E-state index >= 15 is 0 Å². The van der Waals surface area contributed by atoms with Gasteiger partial charge in [0.15, 0.2) is 0 Å². The molecule has 0 amide bonds. The van der Waals surface area contributed by atoms with Gasteiger partial charge in [-0.25, -0.2) is 4.79 Å². The number of hydrogen-bond donors (Lipinski definition) is 0.